The van der Waals surface area contributed by atoms with Crippen LogP contribution in [0.15, 0.2) is 48.9 Å². The van der Waals surface area contributed by atoms with Gasteiger partial charge in [0.15, 0.2) is 0 Å². The Morgan fingerprint density at radius 2 is 1.86 bits per heavy atom. The van der Waals surface area contributed by atoms with E-state index in [1.54, 1.807) is 12.3 Å². The molecule has 8 nitrogen and oxygen atoms in total. The number of benzene rings is 1. The van der Waals surface area contributed by atoms with Gasteiger partial charge in [0.2, 0.25) is 5.13 Å². The molecular formula is C24H24Cl2FN7OS. The first-order valence-electron chi connectivity index (χ1n) is 10.6. The van der Waals surface area contributed by atoms with Gasteiger partial charge in [0, 0.05) is 34.5 Å². The number of aromatic amines is 1. The molecule has 36 heavy (non-hydrogen) atoms. The number of carbonyl (C=O) groups excluding carboxylic acids is 1. The van der Waals surface area contributed by atoms with Crippen LogP contribution in [0.3, 0.4) is 0 Å². The molecular weight excluding hydrogens is 524 g/mol. The number of rotatable bonds is 4. The van der Waals surface area contributed by atoms with Gasteiger partial charge >= 0.3 is 0 Å². The summed E-state index contributed by atoms with van der Waals surface area (Å²) in [7, 11) is 0. The molecule has 0 aliphatic carbocycles. The number of halogens is 3. The van der Waals surface area contributed by atoms with Crippen molar-refractivity contribution in [2.24, 2.45) is 0 Å². The first kappa shape index (κ1) is 27.3. The number of H-pyrrole nitrogens is 1. The van der Waals surface area contributed by atoms with Crippen LogP contribution in [-0.4, -0.2) is 35.7 Å². The maximum Gasteiger partial charge on any atom is 0.260 e. The molecule has 0 saturated heterocycles. The Bertz CT molecular complexity index is 1540. The van der Waals surface area contributed by atoms with Gasteiger partial charge < -0.3 is 0 Å². The zero-order chi connectivity index (χ0) is 24.0. The maximum absolute atomic E-state index is 15.0. The van der Waals surface area contributed by atoms with E-state index in [-0.39, 0.29) is 35.8 Å². The number of nitrogens with one attached hydrogen (secondary N) is 2. The van der Waals surface area contributed by atoms with E-state index in [2.05, 4.69) is 30.7 Å². The predicted molar refractivity (Wildman–Crippen MR) is 144 cm³/mol. The lowest BCUT2D eigenvalue weighted by molar-refractivity contribution is 0.102. The third kappa shape index (κ3) is 5.11. The minimum absolute atomic E-state index is 0. The van der Waals surface area contributed by atoms with Gasteiger partial charge in [0.25, 0.3) is 5.91 Å². The van der Waals surface area contributed by atoms with Crippen molar-refractivity contribution in [1.29, 1.82) is 0 Å². The Labute approximate surface area is 223 Å². The van der Waals surface area contributed by atoms with E-state index in [1.807, 2.05) is 56.6 Å². The van der Waals surface area contributed by atoms with Crippen LogP contribution in [0.5, 0.6) is 0 Å². The van der Waals surface area contributed by atoms with Gasteiger partial charge in [-0.1, -0.05) is 38.2 Å². The lowest BCUT2D eigenvalue weighted by Crippen LogP contribution is -2.13. The Kier molecular flexibility index (Phi) is 7.82. The van der Waals surface area contributed by atoms with Crippen LogP contribution >= 0.6 is 36.2 Å². The summed E-state index contributed by atoms with van der Waals surface area (Å²) in [5.74, 6) is -1.20. The summed E-state index contributed by atoms with van der Waals surface area (Å²) in [6.45, 7) is 7.96. The van der Waals surface area contributed by atoms with Crippen molar-refractivity contribution in [2.45, 2.75) is 33.1 Å². The van der Waals surface area contributed by atoms with Crippen LogP contribution in [0.4, 0.5) is 9.52 Å². The molecule has 0 spiro atoms. The third-order valence-electron chi connectivity index (χ3n) is 5.44. The number of nitrogens with zero attached hydrogens (tertiary/aromatic N) is 5. The van der Waals surface area contributed by atoms with Crippen molar-refractivity contribution < 1.29 is 9.18 Å². The fourth-order valence-corrected chi connectivity index (χ4v) is 4.40. The standard InChI is InChI=1S/C24H22FN7OS.2ClH/c1-13-17(10-27-29-13)15-6-8-20-26-11-19(32(20)12-15)14-5-7-16(18(25)9-14)21(33)28-23-31-30-22(34-23)24(2,3)4;;/h5-12H,1-4H3,(H,27,29)(H,28,31,33);2*1H. The summed E-state index contributed by atoms with van der Waals surface area (Å²) in [5.41, 5.74) is 4.61. The van der Waals surface area contributed by atoms with Crippen molar-refractivity contribution in [1.82, 2.24) is 29.8 Å². The summed E-state index contributed by atoms with van der Waals surface area (Å²) >= 11 is 1.28. The van der Waals surface area contributed by atoms with E-state index in [9.17, 15) is 4.79 Å². The fraction of sp³-hybridized carbons (Fsp3) is 0.208. The highest BCUT2D eigenvalue weighted by Gasteiger charge is 2.21. The zero-order valence-corrected chi connectivity index (χ0v) is 22.3. The number of aromatic nitrogens is 6. The smallest absolute Gasteiger partial charge is 0.260 e. The Balaban J connectivity index is 0.00000180. The van der Waals surface area contributed by atoms with Gasteiger partial charge in [0.1, 0.15) is 16.5 Å². The molecule has 5 rings (SSSR count). The number of pyridine rings is 1. The molecule has 12 heteroatoms. The van der Waals surface area contributed by atoms with Crippen molar-refractivity contribution >= 4 is 52.8 Å². The molecule has 5 aromatic rings. The zero-order valence-electron chi connectivity index (χ0n) is 19.9. The quantitative estimate of drug-likeness (QED) is 0.283. The molecule has 0 aliphatic heterocycles. The summed E-state index contributed by atoms with van der Waals surface area (Å²) < 4.78 is 16.9. The molecule has 1 amide bonds. The first-order chi connectivity index (χ1) is 16.2. The summed E-state index contributed by atoms with van der Waals surface area (Å²) in [6, 6.07) is 8.38. The van der Waals surface area contributed by atoms with Crippen LogP contribution in [0.1, 0.15) is 41.8 Å². The minimum Gasteiger partial charge on any atom is -0.299 e. The molecule has 1 aromatic carbocycles. The summed E-state index contributed by atoms with van der Waals surface area (Å²) in [5, 5.41) is 18.9. The fourth-order valence-electron chi connectivity index (χ4n) is 3.60. The van der Waals surface area contributed by atoms with Crippen molar-refractivity contribution in [3.63, 3.8) is 0 Å². The Morgan fingerprint density at radius 3 is 2.50 bits per heavy atom. The number of imidazole rings is 1. The number of aryl methyl sites for hydroxylation is 1. The molecule has 188 valence electrons. The lowest BCUT2D eigenvalue weighted by Gasteiger charge is -2.12. The normalized spacial score (nSPS) is 11.1. The largest absolute Gasteiger partial charge is 0.299 e. The van der Waals surface area contributed by atoms with Gasteiger partial charge in [0.05, 0.1) is 23.1 Å². The molecule has 0 unspecified atom stereocenters. The molecule has 0 radical (unpaired) electrons. The molecule has 0 saturated carbocycles. The van der Waals surface area contributed by atoms with Crippen molar-refractivity contribution in [3.05, 3.63) is 71.0 Å². The number of carbonyl (C=O) groups is 1. The second-order valence-electron chi connectivity index (χ2n) is 8.98. The number of hydrogen-bond donors (Lipinski definition) is 2. The lowest BCUT2D eigenvalue weighted by atomic mass is 9.98. The predicted octanol–water partition coefficient (Wildman–Crippen LogP) is 6.08. The average molecular weight is 548 g/mol. The summed E-state index contributed by atoms with van der Waals surface area (Å²) in [6.07, 6.45) is 5.46. The molecule has 0 bridgehead atoms. The van der Waals surface area contributed by atoms with E-state index >= 15 is 4.39 Å². The van der Waals surface area contributed by atoms with Crippen LogP contribution in [-0.2, 0) is 5.41 Å². The molecule has 4 aromatic heterocycles. The topological polar surface area (TPSA) is 101 Å². The summed E-state index contributed by atoms with van der Waals surface area (Å²) in [4.78, 5) is 17.1. The second kappa shape index (κ2) is 10.3. The van der Waals surface area contributed by atoms with E-state index in [1.165, 1.54) is 23.5 Å². The van der Waals surface area contributed by atoms with Crippen LogP contribution in [0.25, 0.3) is 28.0 Å². The van der Waals surface area contributed by atoms with E-state index in [0.717, 1.165) is 27.5 Å². The highest BCUT2D eigenvalue weighted by atomic mass is 35.5. The van der Waals surface area contributed by atoms with E-state index in [0.29, 0.717) is 16.4 Å². The SMILES string of the molecule is Cc1n[nH]cc1-c1ccc2ncc(-c3ccc(C(=O)Nc4nnc(C(C)(C)C)s4)c(F)c3)n2c1.Cl.Cl. The van der Waals surface area contributed by atoms with Crippen LogP contribution < -0.4 is 5.32 Å². The molecule has 0 aliphatic rings. The number of hydrogen-bond acceptors (Lipinski definition) is 6. The van der Waals surface area contributed by atoms with E-state index in [4.69, 9.17) is 0 Å². The molecule has 0 fully saturated rings. The highest BCUT2D eigenvalue weighted by Crippen LogP contribution is 2.29. The van der Waals surface area contributed by atoms with Gasteiger partial charge in [-0.3, -0.25) is 19.6 Å². The second-order valence-corrected chi connectivity index (χ2v) is 9.96. The van der Waals surface area contributed by atoms with Gasteiger partial charge in [-0.05, 0) is 31.2 Å². The molecule has 0 atom stereocenters. The molecule has 4 heterocycles. The minimum atomic E-state index is -0.632. The van der Waals surface area contributed by atoms with Crippen LogP contribution in [0, 0.1) is 12.7 Å². The van der Waals surface area contributed by atoms with Crippen LogP contribution in [0.2, 0.25) is 0 Å². The Morgan fingerprint density at radius 1 is 1.11 bits per heavy atom. The monoisotopic (exact) mass is 547 g/mol. The Hall–Kier alpha value is -3.34. The molecule has 2 N–H and O–H groups in total. The third-order valence-corrected chi connectivity index (χ3v) is 6.71. The van der Waals surface area contributed by atoms with Crippen molar-refractivity contribution in [3.8, 4) is 22.4 Å². The van der Waals surface area contributed by atoms with Gasteiger partial charge in [-0.25, -0.2) is 9.37 Å². The van der Waals surface area contributed by atoms with Crippen molar-refractivity contribution in [2.75, 3.05) is 5.32 Å². The van der Waals surface area contributed by atoms with Gasteiger partial charge in [-0.15, -0.1) is 35.0 Å². The van der Waals surface area contributed by atoms with Gasteiger partial charge in [-0.2, -0.15) is 5.10 Å². The first-order valence-corrected chi connectivity index (χ1v) is 11.5. The number of fused-ring (bicyclic) bond motifs is 1. The average Bonchev–Trinajstić information content (AvgIpc) is 3.52. The highest BCUT2D eigenvalue weighted by molar-refractivity contribution is 7.15. The number of amides is 1. The van der Waals surface area contributed by atoms with E-state index < -0.39 is 11.7 Å². The number of anilines is 1. The maximum atomic E-state index is 15.0.